The van der Waals surface area contributed by atoms with Crippen LogP contribution >= 0.6 is 27.5 Å². The zero-order valence-electron chi connectivity index (χ0n) is 9.76. The molecule has 2 rings (SSSR count). The van der Waals surface area contributed by atoms with E-state index in [4.69, 9.17) is 11.6 Å². The van der Waals surface area contributed by atoms with E-state index >= 15 is 0 Å². The molecule has 0 bridgehead atoms. The molecule has 0 heterocycles. The van der Waals surface area contributed by atoms with Gasteiger partial charge in [0, 0.05) is 4.47 Å². The maximum Gasteiger partial charge on any atom is 0.0807 e. The van der Waals surface area contributed by atoms with Crippen molar-refractivity contribution in [3.8, 4) is 0 Å². The fourth-order valence-electron chi connectivity index (χ4n) is 1.81. The lowest BCUT2D eigenvalue weighted by molar-refractivity contribution is 0.166. The first-order chi connectivity index (χ1) is 8.66. The number of hydrogen-bond acceptors (Lipinski definition) is 1. The fourth-order valence-corrected chi connectivity index (χ4v) is 2.39. The number of benzene rings is 2. The van der Waals surface area contributed by atoms with Crippen molar-refractivity contribution in [2.75, 3.05) is 0 Å². The van der Waals surface area contributed by atoms with Crippen LogP contribution in [0.5, 0.6) is 0 Å². The first kappa shape index (κ1) is 13.6. The summed E-state index contributed by atoms with van der Waals surface area (Å²) in [6.07, 6.45) is -0.0338. The lowest BCUT2D eigenvalue weighted by Gasteiger charge is -2.15. The van der Waals surface area contributed by atoms with Gasteiger partial charge in [0.1, 0.15) is 0 Å². The van der Waals surface area contributed by atoms with Crippen molar-refractivity contribution in [2.24, 2.45) is 0 Å². The number of aliphatic hydroxyl groups is 1. The molecule has 1 nitrogen and oxygen atoms in total. The average Bonchev–Trinajstić information content (AvgIpc) is 2.40. The second kappa shape index (κ2) is 6.37. The van der Waals surface area contributed by atoms with E-state index in [9.17, 15) is 5.11 Å². The van der Waals surface area contributed by atoms with Crippen LogP contribution in [-0.2, 0) is 0 Å². The first-order valence-electron chi connectivity index (χ1n) is 5.79. The molecule has 0 aromatic heterocycles. The van der Waals surface area contributed by atoms with Gasteiger partial charge in [-0.15, -0.1) is 11.6 Å². The smallest absolute Gasteiger partial charge is 0.0807 e. The molecule has 2 aromatic carbocycles. The van der Waals surface area contributed by atoms with E-state index in [1.165, 1.54) is 0 Å². The van der Waals surface area contributed by atoms with E-state index in [0.29, 0.717) is 6.42 Å². The summed E-state index contributed by atoms with van der Waals surface area (Å²) < 4.78 is 1.00. The Bertz CT molecular complexity index is 484. The second-order valence-electron chi connectivity index (χ2n) is 4.18. The number of alkyl halides is 1. The highest BCUT2D eigenvalue weighted by molar-refractivity contribution is 9.10. The number of aliphatic hydroxyl groups excluding tert-OH is 1. The number of hydrogen-bond donors (Lipinski definition) is 1. The van der Waals surface area contributed by atoms with E-state index in [0.717, 1.165) is 15.6 Å². The highest BCUT2D eigenvalue weighted by atomic mass is 79.9. The Labute approximate surface area is 121 Å². The Balaban J connectivity index is 2.03. The predicted molar refractivity (Wildman–Crippen MR) is 78.8 cm³/mol. The minimum atomic E-state index is -0.541. The summed E-state index contributed by atoms with van der Waals surface area (Å²) in [5.41, 5.74) is 1.93. The van der Waals surface area contributed by atoms with E-state index in [1.807, 2.05) is 54.6 Å². The summed E-state index contributed by atoms with van der Waals surface area (Å²) in [6, 6.07) is 17.5. The monoisotopic (exact) mass is 324 g/mol. The zero-order valence-corrected chi connectivity index (χ0v) is 12.1. The first-order valence-corrected chi connectivity index (χ1v) is 7.02. The van der Waals surface area contributed by atoms with E-state index in [1.54, 1.807) is 0 Å². The Morgan fingerprint density at radius 1 is 0.944 bits per heavy atom. The molecule has 0 aliphatic carbocycles. The molecule has 0 radical (unpaired) electrons. The third-order valence-electron chi connectivity index (χ3n) is 2.85. The standard InChI is InChI=1S/C15H14BrClO/c16-13-8-6-12(7-9-13)15(18)10-14(17)11-4-2-1-3-5-11/h1-9,14-15,18H,10H2/t14-,15-/m0/s1. The van der Waals surface area contributed by atoms with Crippen LogP contribution in [0.2, 0.25) is 0 Å². The van der Waals surface area contributed by atoms with Crippen LogP contribution in [0.1, 0.15) is 29.0 Å². The van der Waals surface area contributed by atoms with Crippen molar-refractivity contribution < 1.29 is 5.11 Å². The van der Waals surface area contributed by atoms with Crippen molar-refractivity contribution in [1.82, 2.24) is 0 Å². The van der Waals surface area contributed by atoms with Gasteiger partial charge in [0.05, 0.1) is 11.5 Å². The summed E-state index contributed by atoms with van der Waals surface area (Å²) in [6.45, 7) is 0. The third-order valence-corrected chi connectivity index (χ3v) is 3.81. The number of halogens is 2. The quantitative estimate of drug-likeness (QED) is 0.797. The summed E-state index contributed by atoms with van der Waals surface area (Å²) in [5.74, 6) is 0. The highest BCUT2D eigenvalue weighted by Crippen LogP contribution is 2.31. The Morgan fingerprint density at radius 3 is 2.17 bits per heavy atom. The Hall–Kier alpha value is -0.830. The minimum absolute atomic E-state index is 0.176. The van der Waals surface area contributed by atoms with Crippen LogP contribution in [0.15, 0.2) is 59.1 Å². The zero-order chi connectivity index (χ0) is 13.0. The van der Waals surface area contributed by atoms with Gasteiger partial charge >= 0.3 is 0 Å². The molecule has 1 N–H and O–H groups in total. The van der Waals surface area contributed by atoms with Crippen LogP contribution in [0.4, 0.5) is 0 Å². The molecule has 0 saturated carbocycles. The van der Waals surface area contributed by atoms with Crippen molar-refractivity contribution in [2.45, 2.75) is 17.9 Å². The van der Waals surface area contributed by atoms with Gasteiger partial charge in [-0.25, -0.2) is 0 Å². The van der Waals surface area contributed by atoms with Crippen LogP contribution in [0, 0.1) is 0 Å². The number of rotatable bonds is 4. The van der Waals surface area contributed by atoms with Gasteiger partial charge in [-0.1, -0.05) is 58.4 Å². The molecule has 2 aromatic rings. The summed E-state index contributed by atoms with van der Waals surface area (Å²) in [7, 11) is 0. The van der Waals surface area contributed by atoms with Crippen LogP contribution in [-0.4, -0.2) is 5.11 Å². The molecule has 0 aliphatic rings. The maximum atomic E-state index is 10.1. The summed E-state index contributed by atoms with van der Waals surface area (Å²) in [4.78, 5) is 0. The van der Waals surface area contributed by atoms with Crippen molar-refractivity contribution in [3.63, 3.8) is 0 Å². The van der Waals surface area contributed by atoms with Gasteiger partial charge in [0.2, 0.25) is 0 Å². The normalized spacial score (nSPS) is 14.2. The lowest BCUT2D eigenvalue weighted by atomic mass is 10.0. The van der Waals surface area contributed by atoms with Gasteiger partial charge in [0.15, 0.2) is 0 Å². The van der Waals surface area contributed by atoms with Gasteiger partial charge in [-0.05, 0) is 29.7 Å². The van der Waals surface area contributed by atoms with E-state index < -0.39 is 6.10 Å². The Morgan fingerprint density at radius 2 is 1.56 bits per heavy atom. The van der Waals surface area contributed by atoms with Gasteiger partial charge < -0.3 is 5.11 Å². The van der Waals surface area contributed by atoms with Gasteiger partial charge in [-0.2, -0.15) is 0 Å². The largest absolute Gasteiger partial charge is 0.388 e. The fraction of sp³-hybridized carbons (Fsp3) is 0.200. The summed E-state index contributed by atoms with van der Waals surface area (Å²) >= 11 is 9.69. The molecule has 0 unspecified atom stereocenters. The predicted octanol–water partition coefficient (Wildman–Crippen LogP) is 4.85. The molecule has 0 fully saturated rings. The molecule has 0 spiro atoms. The summed E-state index contributed by atoms with van der Waals surface area (Å²) in [5, 5.41) is 9.97. The van der Waals surface area contributed by atoms with Crippen LogP contribution < -0.4 is 0 Å². The molecule has 3 heteroatoms. The SMILES string of the molecule is O[C@@H](C[C@H](Cl)c1ccccc1)c1ccc(Br)cc1. The lowest BCUT2D eigenvalue weighted by Crippen LogP contribution is -2.02. The maximum absolute atomic E-state index is 10.1. The molecular weight excluding hydrogens is 312 g/mol. The molecule has 0 saturated heterocycles. The van der Waals surface area contributed by atoms with E-state index in [-0.39, 0.29) is 5.38 Å². The molecular formula is C15H14BrClO. The van der Waals surface area contributed by atoms with Gasteiger partial charge in [-0.3, -0.25) is 0 Å². The second-order valence-corrected chi connectivity index (χ2v) is 5.62. The topological polar surface area (TPSA) is 20.2 Å². The van der Waals surface area contributed by atoms with Crippen molar-refractivity contribution in [3.05, 3.63) is 70.2 Å². The van der Waals surface area contributed by atoms with Crippen molar-refractivity contribution in [1.29, 1.82) is 0 Å². The van der Waals surface area contributed by atoms with Crippen LogP contribution in [0.3, 0.4) is 0 Å². The van der Waals surface area contributed by atoms with Crippen LogP contribution in [0.25, 0.3) is 0 Å². The minimum Gasteiger partial charge on any atom is -0.388 e. The van der Waals surface area contributed by atoms with E-state index in [2.05, 4.69) is 15.9 Å². The Kier molecular flexibility index (Phi) is 4.81. The molecule has 0 amide bonds. The third kappa shape index (κ3) is 3.58. The molecule has 0 aliphatic heterocycles. The van der Waals surface area contributed by atoms with Gasteiger partial charge in [0.25, 0.3) is 0 Å². The molecule has 18 heavy (non-hydrogen) atoms. The van der Waals surface area contributed by atoms with Crippen molar-refractivity contribution >= 4 is 27.5 Å². The molecule has 2 atom stereocenters. The highest BCUT2D eigenvalue weighted by Gasteiger charge is 2.15. The molecule has 94 valence electrons. The average molecular weight is 326 g/mol.